The fourth-order valence-electron chi connectivity index (χ4n) is 1.43. The van der Waals surface area contributed by atoms with Gasteiger partial charge >= 0.3 is 5.97 Å². The Morgan fingerprint density at radius 2 is 2.06 bits per heavy atom. The predicted molar refractivity (Wildman–Crippen MR) is 66.1 cm³/mol. The van der Waals surface area contributed by atoms with Crippen molar-refractivity contribution < 1.29 is 9.90 Å². The maximum Gasteiger partial charge on any atom is 0.326 e. The number of hydrogen-bond acceptors (Lipinski definition) is 2. The number of carbonyl (C=O) groups is 1. The number of aryl methyl sites for hydroxylation is 1. The van der Waals surface area contributed by atoms with Gasteiger partial charge in [-0.3, -0.25) is 0 Å². The van der Waals surface area contributed by atoms with Crippen LogP contribution in [0.2, 0.25) is 5.02 Å². The van der Waals surface area contributed by atoms with Crippen molar-refractivity contribution in [2.24, 2.45) is 5.92 Å². The molecule has 0 saturated carbocycles. The molecular weight excluding hydrogens is 226 g/mol. The Hall–Kier alpha value is -1.22. The van der Waals surface area contributed by atoms with Gasteiger partial charge in [-0.05, 0) is 30.5 Å². The van der Waals surface area contributed by atoms with Crippen molar-refractivity contribution in [2.45, 2.75) is 26.8 Å². The van der Waals surface area contributed by atoms with Crippen molar-refractivity contribution >= 4 is 23.3 Å². The molecule has 1 atom stereocenters. The van der Waals surface area contributed by atoms with E-state index in [1.54, 1.807) is 6.07 Å². The van der Waals surface area contributed by atoms with Gasteiger partial charge in [-0.2, -0.15) is 0 Å². The molecule has 1 aromatic carbocycles. The van der Waals surface area contributed by atoms with Crippen LogP contribution in [0.1, 0.15) is 19.4 Å². The van der Waals surface area contributed by atoms with Crippen LogP contribution < -0.4 is 5.32 Å². The van der Waals surface area contributed by atoms with E-state index >= 15 is 0 Å². The Balaban J connectivity index is 2.93. The summed E-state index contributed by atoms with van der Waals surface area (Å²) in [7, 11) is 0. The van der Waals surface area contributed by atoms with Gasteiger partial charge in [-0.1, -0.05) is 31.5 Å². The standard InChI is InChI=1S/C12H16ClNO2/c1-7(2)11(12(15)16)14-10-6-8(3)4-5-9(10)13/h4-7,11,14H,1-3H3,(H,15,16). The third kappa shape index (κ3) is 3.14. The van der Waals surface area contributed by atoms with Gasteiger partial charge in [0.2, 0.25) is 0 Å². The Labute approximate surface area is 100 Å². The molecule has 1 unspecified atom stereocenters. The van der Waals surface area contributed by atoms with Gasteiger partial charge in [0.1, 0.15) is 6.04 Å². The molecule has 0 aliphatic carbocycles. The van der Waals surface area contributed by atoms with Crippen LogP contribution in [0.15, 0.2) is 18.2 Å². The molecule has 88 valence electrons. The highest BCUT2D eigenvalue weighted by molar-refractivity contribution is 6.33. The summed E-state index contributed by atoms with van der Waals surface area (Å²) < 4.78 is 0. The first kappa shape index (κ1) is 12.8. The fourth-order valence-corrected chi connectivity index (χ4v) is 1.60. The van der Waals surface area contributed by atoms with Crippen LogP contribution in [0.5, 0.6) is 0 Å². The highest BCUT2D eigenvalue weighted by atomic mass is 35.5. The van der Waals surface area contributed by atoms with Gasteiger partial charge in [0.05, 0.1) is 10.7 Å². The quantitative estimate of drug-likeness (QED) is 0.851. The number of carboxylic acids is 1. The number of benzene rings is 1. The zero-order chi connectivity index (χ0) is 12.3. The number of rotatable bonds is 4. The Morgan fingerprint density at radius 3 is 2.56 bits per heavy atom. The molecule has 0 spiro atoms. The minimum Gasteiger partial charge on any atom is -0.480 e. The summed E-state index contributed by atoms with van der Waals surface area (Å²) in [6.07, 6.45) is 0. The van der Waals surface area contributed by atoms with Crippen LogP contribution in [0, 0.1) is 12.8 Å². The lowest BCUT2D eigenvalue weighted by molar-refractivity contribution is -0.138. The second-order valence-electron chi connectivity index (χ2n) is 4.19. The lowest BCUT2D eigenvalue weighted by Crippen LogP contribution is -2.34. The predicted octanol–water partition coefficient (Wildman–Crippen LogP) is 3.17. The molecule has 0 bridgehead atoms. The first-order valence-electron chi connectivity index (χ1n) is 5.17. The monoisotopic (exact) mass is 241 g/mol. The van der Waals surface area contributed by atoms with Crippen molar-refractivity contribution in [3.63, 3.8) is 0 Å². The van der Waals surface area contributed by atoms with Crippen molar-refractivity contribution in [1.29, 1.82) is 0 Å². The van der Waals surface area contributed by atoms with Crippen LogP contribution in [0.4, 0.5) is 5.69 Å². The summed E-state index contributed by atoms with van der Waals surface area (Å²) in [6.45, 7) is 5.65. The molecule has 0 aliphatic heterocycles. The van der Waals surface area contributed by atoms with Gasteiger partial charge in [-0.25, -0.2) is 4.79 Å². The van der Waals surface area contributed by atoms with Crippen molar-refractivity contribution in [3.05, 3.63) is 28.8 Å². The van der Waals surface area contributed by atoms with E-state index in [9.17, 15) is 4.79 Å². The molecule has 0 fully saturated rings. The smallest absolute Gasteiger partial charge is 0.326 e. The molecule has 0 radical (unpaired) electrons. The molecule has 0 aromatic heterocycles. The number of carboxylic acid groups (broad SMARTS) is 1. The van der Waals surface area contributed by atoms with Gasteiger partial charge in [-0.15, -0.1) is 0 Å². The molecule has 0 aliphatic rings. The molecule has 2 N–H and O–H groups in total. The Kier molecular flexibility index (Phi) is 4.19. The summed E-state index contributed by atoms with van der Waals surface area (Å²) in [5, 5.41) is 12.6. The summed E-state index contributed by atoms with van der Waals surface area (Å²) in [6, 6.07) is 4.87. The number of anilines is 1. The van der Waals surface area contributed by atoms with Gasteiger partial charge in [0, 0.05) is 0 Å². The number of hydrogen-bond donors (Lipinski definition) is 2. The molecule has 0 heterocycles. The average Bonchev–Trinajstić information content (AvgIpc) is 2.18. The van der Waals surface area contributed by atoms with E-state index < -0.39 is 12.0 Å². The molecule has 1 rings (SSSR count). The van der Waals surface area contributed by atoms with E-state index in [0.29, 0.717) is 10.7 Å². The van der Waals surface area contributed by atoms with Gasteiger partial charge < -0.3 is 10.4 Å². The zero-order valence-corrected chi connectivity index (χ0v) is 10.4. The molecule has 3 nitrogen and oxygen atoms in total. The minimum absolute atomic E-state index is 0.00548. The van der Waals surface area contributed by atoms with E-state index in [1.807, 2.05) is 32.9 Å². The minimum atomic E-state index is -0.868. The average molecular weight is 242 g/mol. The largest absolute Gasteiger partial charge is 0.480 e. The normalized spacial score (nSPS) is 12.6. The molecule has 4 heteroatoms. The maximum absolute atomic E-state index is 11.0. The van der Waals surface area contributed by atoms with E-state index in [2.05, 4.69) is 5.32 Å². The van der Waals surface area contributed by atoms with E-state index in [1.165, 1.54) is 0 Å². The lowest BCUT2D eigenvalue weighted by atomic mass is 10.0. The highest BCUT2D eigenvalue weighted by Gasteiger charge is 2.21. The molecule has 16 heavy (non-hydrogen) atoms. The number of halogens is 1. The van der Waals surface area contributed by atoms with Crippen LogP contribution in [0.25, 0.3) is 0 Å². The molecule has 1 aromatic rings. The van der Waals surface area contributed by atoms with Gasteiger partial charge in [0.15, 0.2) is 0 Å². The number of nitrogens with one attached hydrogen (secondary N) is 1. The van der Waals surface area contributed by atoms with Crippen LogP contribution in [-0.2, 0) is 4.79 Å². The zero-order valence-electron chi connectivity index (χ0n) is 9.62. The second-order valence-corrected chi connectivity index (χ2v) is 4.59. The highest BCUT2D eigenvalue weighted by Crippen LogP contribution is 2.24. The second kappa shape index (κ2) is 5.21. The summed E-state index contributed by atoms with van der Waals surface area (Å²) in [5.41, 5.74) is 1.71. The van der Waals surface area contributed by atoms with E-state index in [4.69, 9.17) is 16.7 Å². The summed E-state index contributed by atoms with van der Waals surface area (Å²) in [5.74, 6) is -0.873. The number of aliphatic carboxylic acids is 1. The third-order valence-electron chi connectivity index (χ3n) is 2.37. The van der Waals surface area contributed by atoms with Crippen molar-refractivity contribution in [3.8, 4) is 0 Å². The first-order valence-corrected chi connectivity index (χ1v) is 5.55. The first-order chi connectivity index (χ1) is 7.41. The van der Waals surface area contributed by atoms with Gasteiger partial charge in [0.25, 0.3) is 0 Å². The molecule has 0 amide bonds. The third-order valence-corrected chi connectivity index (χ3v) is 2.70. The summed E-state index contributed by atoms with van der Waals surface area (Å²) in [4.78, 5) is 11.0. The van der Waals surface area contributed by atoms with E-state index in [-0.39, 0.29) is 5.92 Å². The lowest BCUT2D eigenvalue weighted by Gasteiger charge is -2.20. The molecular formula is C12H16ClNO2. The van der Waals surface area contributed by atoms with Crippen LogP contribution in [-0.4, -0.2) is 17.1 Å². The Morgan fingerprint density at radius 1 is 1.44 bits per heavy atom. The maximum atomic E-state index is 11.0. The van der Waals surface area contributed by atoms with Crippen molar-refractivity contribution in [1.82, 2.24) is 0 Å². The topological polar surface area (TPSA) is 49.3 Å². The fraction of sp³-hybridized carbons (Fsp3) is 0.417. The van der Waals surface area contributed by atoms with E-state index in [0.717, 1.165) is 5.56 Å². The Bertz CT molecular complexity index is 391. The van der Waals surface area contributed by atoms with Crippen LogP contribution >= 0.6 is 11.6 Å². The van der Waals surface area contributed by atoms with Crippen LogP contribution in [0.3, 0.4) is 0 Å². The van der Waals surface area contributed by atoms with Crippen molar-refractivity contribution in [2.75, 3.05) is 5.32 Å². The summed E-state index contributed by atoms with van der Waals surface area (Å²) >= 11 is 5.99. The molecule has 0 saturated heterocycles. The SMILES string of the molecule is Cc1ccc(Cl)c(NC(C(=O)O)C(C)C)c1.